The Bertz CT molecular complexity index is 227. The lowest BCUT2D eigenvalue weighted by molar-refractivity contribution is 0.623. The molecule has 0 aliphatic rings. The highest BCUT2D eigenvalue weighted by Crippen LogP contribution is 2.41. The van der Waals surface area contributed by atoms with Gasteiger partial charge in [0, 0.05) is 29.4 Å². The Balaban J connectivity index is 5.76. The van der Waals surface area contributed by atoms with Crippen LogP contribution in [0.2, 0.25) is 65.0 Å². The van der Waals surface area contributed by atoms with Crippen molar-refractivity contribution in [3.05, 3.63) is 0 Å². The topological polar surface area (TPSA) is 0 Å². The fourth-order valence-electron chi connectivity index (χ4n) is 5.01. The van der Waals surface area contributed by atoms with Crippen LogP contribution in [0.3, 0.4) is 0 Å². The molecular weight excluding hydrogens is 280 g/mol. The molecule has 0 atom stereocenters. The Morgan fingerprint density at radius 1 is 0.611 bits per heavy atom. The third-order valence-corrected chi connectivity index (χ3v) is 79.5. The molecule has 0 nitrogen and oxygen atoms in total. The molecule has 0 bridgehead atoms. The van der Waals surface area contributed by atoms with Gasteiger partial charge in [0.1, 0.15) is 0 Å². The number of hydrogen-bond donors (Lipinski definition) is 0. The van der Waals surface area contributed by atoms with Gasteiger partial charge in [-0.25, -0.2) is 0 Å². The maximum atomic E-state index is 2.70. The maximum Gasteiger partial charge on any atom is 0.0374 e. The van der Waals surface area contributed by atoms with Crippen molar-refractivity contribution < 1.29 is 0 Å². The predicted molar refractivity (Wildman–Crippen MR) is 100 cm³/mol. The molecule has 0 aliphatic carbocycles. The Hall–Kier alpha value is 0.868. The van der Waals surface area contributed by atoms with Gasteiger partial charge in [0.25, 0.3) is 0 Å². The molecule has 0 saturated heterocycles. The van der Waals surface area contributed by atoms with E-state index in [1.165, 1.54) is 6.42 Å². The van der Waals surface area contributed by atoms with Crippen LogP contribution >= 0.6 is 0 Å². The second-order valence-electron chi connectivity index (χ2n) is 9.59. The highest BCUT2D eigenvalue weighted by molar-refractivity contribution is 7.89. The lowest BCUT2D eigenvalue weighted by Gasteiger charge is -2.58. The predicted octanol–water partition coefficient (Wildman–Crippen LogP) is 5.73. The van der Waals surface area contributed by atoms with E-state index in [1.807, 2.05) is 0 Å². The van der Waals surface area contributed by atoms with Crippen LogP contribution in [0.15, 0.2) is 0 Å². The summed E-state index contributed by atoms with van der Waals surface area (Å²) in [7, 11) is -3.04. The summed E-state index contributed by atoms with van der Waals surface area (Å²) < 4.78 is 0. The van der Waals surface area contributed by atoms with Gasteiger partial charge in [-0.05, 0) is 5.92 Å². The Morgan fingerprint density at radius 2 is 0.889 bits per heavy atom. The minimum absolute atomic E-state index is 0.890. The van der Waals surface area contributed by atoms with Crippen molar-refractivity contribution in [3.63, 3.8) is 0 Å². The van der Waals surface area contributed by atoms with E-state index in [9.17, 15) is 0 Å². The molecule has 4 heteroatoms. The van der Waals surface area contributed by atoms with Crippen molar-refractivity contribution in [1.29, 1.82) is 0 Å². The Labute approximate surface area is 120 Å². The van der Waals surface area contributed by atoms with Gasteiger partial charge in [0.2, 0.25) is 0 Å². The first-order chi connectivity index (χ1) is 7.67. The van der Waals surface area contributed by atoms with E-state index in [4.69, 9.17) is 0 Å². The molecule has 0 aromatic carbocycles. The van der Waals surface area contributed by atoms with Gasteiger partial charge in [0.05, 0.1) is 0 Å². The van der Waals surface area contributed by atoms with Crippen LogP contribution < -0.4 is 0 Å². The molecule has 0 rings (SSSR count). The fourth-order valence-corrected chi connectivity index (χ4v) is 104. The van der Waals surface area contributed by atoms with Gasteiger partial charge in [-0.2, -0.15) is 0 Å². The van der Waals surface area contributed by atoms with Crippen LogP contribution in [0.1, 0.15) is 20.3 Å². The summed E-state index contributed by atoms with van der Waals surface area (Å²) in [5, 5.41) is 0. The van der Waals surface area contributed by atoms with Gasteiger partial charge >= 0.3 is 0 Å². The van der Waals surface area contributed by atoms with E-state index in [0.29, 0.717) is 0 Å². The molecule has 0 saturated carbocycles. The molecule has 0 aliphatic heterocycles. The minimum Gasteiger partial charge on any atom is -0.0718 e. The van der Waals surface area contributed by atoms with E-state index in [2.05, 4.69) is 72.8 Å². The van der Waals surface area contributed by atoms with Gasteiger partial charge < -0.3 is 0 Å². The highest BCUT2D eigenvalue weighted by atomic mass is 29.9. The van der Waals surface area contributed by atoms with E-state index >= 15 is 0 Å². The molecule has 0 radical (unpaired) electrons. The van der Waals surface area contributed by atoms with Crippen molar-refractivity contribution in [2.45, 2.75) is 85.2 Å². The van der Waals surface area contributed by atoms with Crippen molar-refractivity contribution in [3.8, 4) is 0 Å². The number of rotatable bonds is 6. The average molecular weight is 319 g/mol. The van der Waals surface area contributed by atoms with Crippen LogP contribution in [0.5, 0.6) is 0 Å². The molecule has 0 fully saturated rings. The summed E-state index contributed by atoms with van der Waals surface area (Å²) in [5.41, 5.74) is 0. The molecule has 0 heterocycles. The standard InChI is InChI=1S/C14H38Si4/c1-14(2)12-13-18(15(3,4)5,16(6,7)8)17(9,10)11/h14H,12-13H2,1-11H3. The first kappa shape index (κ1) is 18.9. The van der Waals surface area contributed by atoms with E-state index in [1.54, 1.807) is 6.04 Å². The van der Waals surface area contributed by atoms with Gasteiger partial charge in [-0.15, -0.1) is 0 Å². The molecule has 18 heavy (non-hydrogen) atoms. The van der Waals surface area contributed by atoms with Gasteiger partial charge in [-0.1, -0.05) is 85.2 Å². The SMILES string of the molecule is CC(C)CC[Si]([Si](C)(C)C)([Si](C)(C)C)[Si](C)(C)C. The molecule has 0 unspecified atom stereocenters. The molecule has 110 valence electrons. The third kappa shape index (κ3) is 3.70. The first-order valence-corrected chi connectivity index (χ1v) is 23.4. The maximum absolute atomic E-state index is 2.70. The summed E-state index contributed by atoms with van der Waals surface area (Å²) in [6, 6.07) is 1.64. The second kappa shape index (κ2) is 5.70. The summed E-state index contributed by atoms with van der Waals surface area (Å²) in [6.07, 6.45) is 1.49. The summed E-state index contributed by atoms with van der Waals surface area (Å²) >= 11 is 0. The molecule has 0 spiro atoms. The number of hydrogen-bond acceptors (Lipinski definition) is 0. The normalized spacial score (nSPS) is 15.3. The summed E-state index contributed by atoms with van der Waals surface area (Å²) in [5.74, 6) is 0.890. The summed E-state index contributed by atoms with van der Waals surface area (Å²) in [6.45, 7) is 28.1. The Morgan fingerprint density at radius 3 is 1.06 bits per heavy atom. The first-order valence-electron chi connectivity index (χ1n) is 7.67. The molecule has 0 amide bonds. The fraction of sp³-hybridized carbons (Fsp3) is 1.00. The third-order valence-electron chi connectivity index (χ3n) is 4.94. The minimum atomic E-state index is -1.05. The van der Waals surface area contributed by atoms with Gasteiger partial charge in [-0.3, -0.25) is 0 Å². The smallest absolute Gasteiger partial charge is 0.0374 e. The van der Waals surface area contributed by atoms with Crippen molar-refractivity contribution in [2.75, 3.05) is 0 Å². The molecular formula is C14H38Si4. The van der Waals surface area contributed by atoms with E-state index in [-0.39, 0.29) is 0 Å². The zero-order valence-electron chi connectivity index (χ0n) is 15.0. The molecule has 0 N–H and O–H groups in total. The monoisotopic (exact) mass is 318 g/mol. The summed E-state index contributed by atoms with van der Waals surface area (Å²) in [4.78, 5) is 0. The quantitative estimate of drug-likeness (QED) is 0.548. The zero-order chi connectivity index (χ0) is 15.0. The average Bonchev–Trinajstić information content (AvgIpc) is 1.94. The van der Waals surface area contributed by atoms with Crippen LogP contribution in [0, 0.1) is 5.92 Å². The Kier molecular flexibility index (Phi) is 5.97. The molecule has 0 aromatic heterocycles. The lowest BCUT2D eigenvalue weighted by Crippen LogP contribution is -2.82. The van der Waals surface area contributed by atoms with Crippen LogP contribution in [-0.4, -0.2) is 29.4 Å². The largest absolute Gasteiger partial charge is 0.0718 e. The van der Waals surface area contributed by atoms with Crippen LogP contribution in [0.4, 0.5) is 0 Å². The van der Waals surface area contributed by atoms with E-state index < -0.39 is 29.4 Å². The van der Waals surface area contributed by atoms with Crippen molar-refractivity contribution in [1.82, 2.24) is 0 Å². The van der Waals surface area contributed by atoms with Gasteiger partial charge in [0.15, 0.2) is 0 Å². The highest BCUT2D eigenvalue weighted by Gasteiger charge is 2.60. The second-order valence-corrected chi connectivity index (χ2v) is 51.1. The van der Waals surface area contributed by atoms with Crippen molar-refractivity contribution in [2.24, 2.45) is 5.92 Å². The molecule has 0 aromatic rings. The van der Waals surface area contributed by atoms with Crippen molar-refractivity contribution >= 4 is 29.4 Å². The van der Waals surface area contributed by atoms with Crippen LogP contribution in [0.25, 0.3) is 0 Å². The lowest BCUT2D eigenvalue weighted by atomic mass is 10.2. The van der Waals surface area contributed by atoms with E-state index in [0.717, 1.165) is 5.92 Å². The van der Waals surface area contributed by atoms with Crippen LogP contribution in [-0.2, 0) is 0 Å². The zero-order valence-corrected chi connectivity index (χ0v) is 19.0.